The molecular formula is C70H44N2O2. The second-order valence-electron chi connectivity index (χ2n) is 19.2. The fourth-order valence-corrected chi connectivity index (χ4v) is 11.5. The first-order chi connectivity index (χ1) is 36.7. The van der Waals surface area contributed by atoms with Gasteiger partial charge in [0.15, 0.2) is 11.2 Å². The minimum absolute atomic E-state index is 0.821. The Balaban J connectivity index is 1.14. The third kappa shape index (κ3) is 6.69. The molecule has 74 heavy (non-hydrogen) atoms. The van der Waals surface area contributed by atoms with E-state index < -0.39 is 0 Å². The Kier molecular flexibility index (Phi) is 9.54. The first kappa shape index (κ1) is 41.8. The predicted octanol–water partition coefficient (Wildman–Crippen LogP) is 20.4. The molecular weight excluding hydrogens is 901 g/mol. The van der Waals surface area contributed by atoms with Gasteiger partial charge in [-0.3, -0.25) is 0 Å². The molecule has 0 unspecified atom stereocenters. The average Bonchev–Trinajstić information content (AvgIpc) is 4.06. The van der Waals surface area contributed by atoms with Crippen LogP contribution in [0.1, 0.15) is 0 Å². The molecule has 0 N–H and O–H groups in total. The van der Waals surface area contributed by atoms with E-state index in [9.17, 15) is 0 Å². The van der Waals surface area contributed by atoms with Gasteiger partial charge >= 0.3 is 0 Å². The molecule has 4 heteroatoms. The lowest BCUT2D eigenvalue weighted by atomic mass is 9.90. The van der Waals surface area contributed by atoms with Gasteiger partial charge in [-0.1, -0.05) is 206 Å². The van der Waals surface area contributed by atoms with Crippen molar-refractivity contribution >= 4 is 121 Å². The summed E-state index contributed by atoms with van der Waals surface area (Å²) in [5.41, 5.74) is 13.8. The van der Waals surface area contributed by atoms with E-state index >= 15 is 0 Å². The number of para-hydroxylation sites is 4. The molecule has 0 radical (unpaired) electrons. The fraction of sp³-hybridized carbons (Fsp3) is 0. The van der Waals surface area contributed by atoms with E-state index in [0.29, 0.717) is 0 Å². The molecule has 0 amide bonds. The lowest BCUT2D eigenvalue weighted by molar-refractivity contribution is 0.669. The van der Waals surface area contributed by atoms with Gasteiger partial charge in [-0.05, 0) is 104 Å². The van der Waals surface area contributed by atoms with Gasteiger partial charge in [-0.15, -0.1) is 0 Å². The monoisotopic (exact) mass is 944 g/mol. The quantitative estimate of drug-likeness (QED) is 0.112. The second-order valence-corrected chi connectivity index (χ2v) is 19.2. The topological polar surface area (TPSA) is 32.8 Å². The van der Waals surface area contributed by atoms with E-state index in [4.69, 9.17) is 8.83 Å². The molecule has 15 aromatic rings. The van der Waals surface area contributed by atoms with Crippen LogP contribution in [0.3, 0.4) is 0 Å². The molecule has 346 valence electrons. The third-order valence-corrected chi connectivity index (χ3v) is 15.0. The van der Waals surface area contributed by atoms with Crippen molar-refractivity contribution in [2.75, 3.05) is 9.80 Å². The standard InChI is InChI=1S/C70H44N2O2/c1-3-17-45(18-4-1)51-35-39-57-61(43-51)67(71(53-37-33-47-21-7-9-23-49(47)41-53)63-29-15-27-59-55-25-11-13-31-65(55)73-69(59)63)58-40-36-52(46-19-5-2-6-20-46)44-62(58)68(57)72(54-38-34-48-22-8-10-24-50(48)42-54)64-30-16-28-60-56-26-12-14-32-66(56)74-70(60)64/h1-44H. The minimum Gasteiger partial charge on any atom is -0.454 e. The van der Waals surface area contributed by atoms with E-state index in [-0.39, 0.29) is 0 Å². The van der Waals surface area contributed by atoms with Crippen LogP contribution in [0.5, 0.6) is 0 Å². The van der Waals surface area contributed by atoms with Gasteiger partial charge in [0, 0.05) is 54.5 Å². The van der Waals surface area contributed by atoms with Gasteiger partial charge in [0.05, 0.1) is 22.7 Å². The highest BCUT2D eigenvalue weighted by molar-refractivity contribution is 6.26. The molecule has 0 aliphatic rings. The molecule has 0 aliphatic carbocycles. The molecule has 4 nitrogen and oxygen atoms in total. The molecule has 0 saturated heterocycles. The van der Waals surface area contributed by atoms with Crippen LogP contribution < -0.4 is 9.80 Å². The zero-order valence-electron chi connectivity index (χ0n) is 40.1. The molecule has 2 aromatic heterocycles. The molecule has 2 heterocycles. The Hall–Kier alpha value is -9.90. The normalized spacial score (nSPS) is 11.8. The van der Waals surface area contributed by atoms with Gasteiger partial charge in [-0.25, -0.2) is 0 Å². The summed E-state index contributed by atoms with van der Waals surface area (Å²) in [7, 11) is 0. The van der Waals surface area contributed by atoms with E-state index in [0.717, 1.165) is 133 Å². The second kappa shape index (κ2) is 16.9. The molecule has 0 atom stereocenters. The summed E-state index contributed by atoms with van der Waals surface area (Å²) in [6.45, 7) is 0. The van der Waals surface area contributed by atoms with Crippen LogP contribution >= 0.6 is 0 Å². The first-order valence-electron chi connectivity index (χ1n) is 25.2. The molecule has 0 fully saturated rings. The van der Waals surface area contributed by atoms with Crippen LogP contribution in [0.25, 0.3) is 109 Å². The smallest absolute Gasteiger partial charge is 0.159 e. The summed E-state index contributed by atoms with van der Waals surface area (Å²) >= 11 is 0. The van der Waals surface area contributed by atoms with Crippen LogP contribution in [0.2, 0.25) is 0 Å². The number of nitrogens with zero attached hydrogens (tertiary/aromatic N) is 2. The predicted molar refractivity (Wildman–Crippen MR) is 311 cm³/mol. The van der Waals surface area contributed by atoms with Crippen molar-refractivity contribution in [1.82, 2.24) is 0 Å². The van der Waals surface area contributed by atoms with Gasteiger partial charge in [0.1, 0.15) is 11.2 Å². The van der Waals surface area contributed by atoms with Crippen molar-refractivity contribution in [2.45, 2.75) is 0 Å². The summed E-state index contributed by atoms with van der Waals surface area (Å²) < 4.78 is 14.0. The van der Waals surface area contributed by atoms with Crippen molar-refractivity contribution in [2.24, 2.45) is 0 Å². The number of rotatable bonds is 8. The lowest BCUT2D eigenvalue weighted by Crippen LogP contribution is -2.15. The number of hydrogen-bond donors (Lipinski definition) is 0. The van der Waals surface area contributed by atoms with Gasteiger partial charge in [0.25, 0.3) is 0 Å². The van der Waals surface area contributed by atoms with Crippen LogP contribution in [-0.2, 0) is 0 Å². The fourth-order valence-electron chi connectivity index (χ4n) is 11.5. The Morgan fingerprint density at radius 1 is 0.230 bits per heavy atom. The number of anilines is 6. The molecule has 15 rings (SSSR count). The van der Waals surface area contributed by atoms with E-state index in [1.54, 1.807) is 0 Å². The third-order valence-electron chi connectivity index (χ3n) is 15.0. The maximum absolute atomic E-state index is 7.01. The summed E-state index contributed by atoms with van der Waals surface area (Å²) in [5, 5.41) is 13.2. The molecule has 0 bridgehead atoms. The Morgan fingerprint density at radius 2 is 0.622 bits per heavy atom. The summed E-state index contributed by atoms with van der Waals surface area (Å²) in [6, 6.07) is 96.3. The molecule has 0 aliphatic heterocycles. The average molecular weight is 945 g/mol. The number of furan rings is 2. The molecule has 0 spiro atoms. The SMILES string of the molecule is c1ccc(-c2ccc3c(N(c4ccc5ccccc5c4)c4cccc5c4oc4ccccc45)c4cc(-c5ccccc5)ccc4c(N(c4ccc5ccccc5c4)c4cccc5c4oc4ccccc45)c3c2)cc1. The van der Waals surface area contributed by atoms with Crippen molar-refractivity contribution in [3.63, 3.8) is 0 Å². The molecule has 13 aromatic carbocycles. The van der Waals surface area contributed by atoms with Crippen LogP contribution in [0, 0.1) is 0 Å². The van der Waals surface area contributed by atoms with Gasteiger partial charge in [0.2, 0.25) is 0 Å². The maximum Gasteiger partial charge on any atom is 0.159 e. The van der Waals surface area contributed by atoms with Gasteiger partial charge in [-0.2, -0.15) is 0 Å². The van der Waals surface area contributed by atoms with Crippen LogP contribution in [-0.4, -0.2) is 0 Å². The molecule has 0 saturated carbocycles. The minimum atomic E-state index is 0.821. The number of benzene rings is 13. The first-order valence-corrected chi connectivity index (χ1v) is 25.2. The van der Waals surface area contributed by atoms with Crippen molar-refractivity contribution in [1.29, 1.82) is 0 Å². The Labute approximate surface area is 426 Å². The van der Waals surface area contributed by atoms with Crippen LogP contribution in [0.15, 0.2) is 276 Å². The zero-order valence-corrected chi connectivity index (χ0v) is 40.1. The van der Waals surface area contributed by atoms with E-state index in [1.165, 1.54) is 10.8 Å². The largest absolute Gasteiger partial charge is 0.454 e. The zero-order chi connectivity index (χ0) is 48.7. The van der Waals surface area contributed by atoms with E-state index in [1.807, 2.05) is 12.1 Å². The lowest BCUT2D eigenvalue weighted by Gasteiger charge is -2.33. The highest BCUT2D eigenvalue weighted by atomic mass is 16.3. The summed E-state index contributed by atoms with van der Waals surface area (Å²) in [4.78, 5) is 4.92. The highest BCUT2D eigenvalue weighted by Gasteiger charge is 2.30. The number of hydrogen-bond acceptors (Lipinski definition) is 4. The summed E-state index contributed by atoms with van der Waals surface area (Å²) in [6.07, 6.45) is 0. The van der Waals surface area contributed by atoms with Crippen molar-refractivity contribution in [3.05, 3.63) is 267 Å². The highest BCUT2D eigenvalue weighted by Crippen LogP contribution is 2.55. The van der Waals surface area contributed by atoms with Crippen molar-refractivity contribution in [3.8, 4) is 22.3 Å². The number of fused-ring (bicyclic) bond motifs is 10. The van der Waals surface area contributed by atoms with Crippen LogP contribution in [0.4, 0.5) is 34.1 Å². The van der Waals surface area contributed by atoms with E-state index in [2.05, 4.69) is 265 Å². The Morgan fingerprint density at radius 3 is 1.08 bits per heavy atom. The van der Waals surface area contributed by atoms with Gasteiger partial charge < -0.3 is 18.6 Å². The summed E-state index contributed by atoms with van der Waals surface area (Å²) in [5.74, 6) is 0. The maximum atomic E-state index is 7.01. The van der Waals surface area contributed by atoms with Crippen molar-refractivity contribution < 1.29 is 8.83 Å². The Bertz CT molecular complexity index is 4390.